The van der Waals surface area contributed by atoms with Gasteiger partial charge in [-0.25, -0.2) is 0 Å². The molecular formula is C13H17N3O2. The van der Waals surface area contributed by atoms with Crippen molar-refractivity contribution in [2.75, 3.05) is 25.0 Å². The number of amides is 1. The van der Waals surface area contributed by atoms with Crippen LogP contribution in [0.15, 0.2) is 22.1 Å². The van der Waals surface area contributed by atoms with Gasteiger partial charge < -0.3 is 14.6 Å². The van der Waals surface area contributed by atoms with E-state index in [1.165, 1.54) is 13.1 Å². The summed E-state index contributed by atoms with van der Waals surface area (Å²) in [5, 5.41) is 11.3. The van der Waals surface area contributed by atoms with Crippen LogP contribution in [-0.4, -0.2) is 26.0 Å². The van der Waals surface area contributed by atoms with E-state index < -0.39 is 5.91 Å². The van der Waals surface area contributed by atoms with Gasteiger partial charge in [-0.05, 0) is 19.9 Å². The fourth-order valence-corrected chi connectivity index (χ4v) is 1.55. The summed E-state index contributed by atoms with van der Waals surface area (Å²) in [6.07, 6.45) is 1.44. The van der Waals surface area contributed by atoms with Gasteiger partial charge in [0, 0.05) is 32.3 Å². The van der Waals surface area contributed by atoms with Gasteiger partial charge in [0.15, 0.2) is 5.88 Å². The number of nitrogens with one attached hydrogen (secondary N) is 1. The average molecular weight is 247 g/mol. The summed E-state index contributed by atoms with van der Waals surface area (Å²) in [5.74, 6) is 0.816. The van der Waals surface area contributed by atoms with Crippen molar-refractivity contribution in [3.8, 4) is 6.07 Å². The second-order valence-electron chi connectivity index (χ2n) is 3.60. The van der Waals surface area contributed by atoms with E-state index in [4.69, 9.17) is 9.68 Å². The number of nitrogens with zero attached hydrogens (tertiary/aromatic N) is 2. The molecule has 1 aromatic heterocycles. The highest BCUT2D eigenvalue weighted by molar-refractivity contribution is 6.01. The Morgan fingerprint density at radius 3 is 2.67 bits per heavy atom. The fourth-order valence-electron chi connectivity index (χ4n) is 1.55. The molecule has 0 spiro atoms. The number of furan rings is 1. The van der Waals surface area contributed by atoms with Crippen LogP contribution in [0.3, 0.4) is 0 Å². The SMILES string of the molecule is CCN(CC)c1ccc(C=C(C#N)C(=O)NC)o1. The molecule has 0 unspecified atom stereocenters. The molecule has 0 saturated heterocycles. The summed E-state index contributed by atoms with van der Waals surface area (Å²) in [6.45, 7) is 5.75. The van der Waals surface area contributed by atoms with Gasteiger partial charge in [-0.1, -0.05) is 0 Å². The third-order valence-electron chi connectivity index (χ3n) is 2.57. The number of rotatable bonds is 5. The highest BCUT2D eigenvalue weighted by Gasteiger charge is 2.10. The molecule has 96 valence electrons. The van der Waals surface area contributed by atoms with Gasteiger partial charge in [-0.2, -0.15) is 5.26 Å². The van der Waals surface area contributed by atoms with E-state index in [1.54, 1.807) is 6.07 Å². The number of carbonyl (C=O) groups is 1. The van der Waals surface area contributed by atoms with Crippen LogP contribution in [0, 0.1) is 11.3 Å². The largest absolute Gasteiger partial charge is 0.441 e. The molecule has 0 saturated carbocycles. The lowest BCUT2D eigenvalue weighted by atomic mass is 10.2. The Morgan fingerprint density at radius 1 is 1.50 bits per heavy atom. The van der Waals surface area contributed by atoms with Gasteiger partial charge in [0.25, 0.3) is 5.91 Å². The predicted molar refractivity (Wildman–Crippen MR) is 69.9 cm³/mol. The van der Waals surface area contributed by atoms with Gasteiger partial charge in [0.05, 0.1) is 0 Å². The molecule has 1 N–H and O–H groups in total. The number of anilines is 1. The van der Waals surface area contributed by atoms with Crippen LogP contribution in [0.1, 0.15) is 19.6 Å². The minimum atomic E-state index is -0.418. The van der Waals surface area contributed by atoms with Gasteiger partial charge in [-0.15, -0.1) is 0 Å². The fraction of sp³-hybridized carbons (Fsp3) is 0.385. The maximum atomic E-state index is 11.3. The maximum absolute atomic E-state index is 11.3. The topological polar surface area (TPSA) is 69.3 Å². The van der Waals surface area contributed by atoms with Gasteiger partial charge >= 0.3 is 0 Å². The van der Waals surface area contributed by atoms with E-state index in [0.29, 0.717) is 5.76 Å². The first-order valence-corrected chi connectivity index (χ1v) is 5.84. The number of hydrogen-bond donors (Lipinski definition) is 1. The molecule has 1 amide bonds. The Labute approximate surface area is 107 Å². The molecule has 5 nitrogen and oxygen atoms in total. The molecule has 0 radical (unpaired) electrons. The van der Waals surface area contributed by atoms with Crippen LogP contribution < -0.4 is 10.2 Å². The van der Waals surface area contributed by atoms with Crippen molar-refractivity contribution < 1.29 is 9.21 Å². The summed E-state index contributed by atoms with van der Waals surface area (Å²) in [4.78, 5) is 13.4. The van der Waals surface area contributed by atoms with Crippen molar-refractivity contribution in [2.24, 2.45) is 0 Å². The lowest BCUT2D eigenvalue weighted by Gasteiger charge is -2.16. The molecule has 0 aliphatic rings. The summed E-state index contributed by atoms with van der Waals surface area (Å²) in [6, 6.07) is 5.42. The molecule has 0 fully saturated rings. The lowest BCUT2D eigenvalue weighted by molar-refractivity contribution is -0.116. The first-order valence-electron chi connectivity index (χ1n) is 5.84. The smallest absolute Gasteiger partial charge is 0.261 e. The summed E-state index contributed by atoms with van der Waals surface area (Å²) in [7, 11) is 1.48. The van der Waals surface area contributed by atoms with E-state index in [0.717, 1.165) is 19.0 Å². The molecule has 0 aliphatic carbocycles. The van der Waals surface area contributed by atoms with E-state index >= 15 is 0 Å². The molecule has 18 heavy (non-hydrogen) atoms. The molecule has 1 heterocycles. The Morgan fingerprint density at radius 2 is 2.17 bits per heavy atom. The van der Waals surface area contributed by atoms with Crippen LogP contribution in [0.5, 0.6) is 0 Å². The minimum Gasteiger partial charge on any atom is -0.441 e. The van der Waals surface area contributed by atoms with Crippen LogP contribution in [-0.2, 0) is 4.79 Å². The average Bonchev–Trinajstić information content (AvgIpc) is 2.85. The zero-order valence-corrected chi connectivity index (χ0v) is 10.9. The standard InChI is InChI=1S/C13H17N3O2/c1-4-16(5-2)12-7-6-11(18-12)8-10(9-14)13(17)15-3/h6-8H,4-5H2,1-3H3,(H,15,17). The van der Waals surface area contributed by atoms with Crippen LogP contribution in [0.2, 0.25) is 0 Å². The van der Waals surface area contributed by atoms with Crippen molar-refractivity contribution in [1.82, 2.24) is 5.32 Å². The highest BCUT2D eigenvalue weighted by Crippen LogP contribution is 2.20. The van der Waals surface area contributed by atoms with Crippen LogP contribution in [0.4, 0.5) is 5.88 Å². The van der Waals surface area contributed by atoms with Crippen molar-refractivity contribution in [1.29, 1.82) is 5.26 Å². The van der Waals surface area contributed by atoms with Crippen molar-refractivity contribution in [3.05, 3.63) is 23.5 Å². The zero-order chi connectivity index (χ0) is 13.5. The van der Waals surface area contributed by atoms with Crippen molar-refractivity contribution in [2.45, 2.75) is 13.8 Å². The first kappa shape index (κ1) is 13.8. The van der Waals surface area contributed by atoms with Crippen molar-refractivity contribution in [3.63, 3.8) is 0 Å². The Hall–Kier alpha value is -2.22. The monoisotopic (exact) mass is 247 g/mol. The number of likely N-dealkylation sites (N-methyl/N-ethyl adjacent to an activating group) is 1. The molecule has 0 bridgehead atoms. The summed E-state index contributed by atoms with van der Waals surface area (Å²) < 4.78 is 5.57. The Kier molecular flexibility index (Phi) is 5.00. The molecule has 0 atom stereocenters. The normalized spacial score (nSPS) is 10.9. The zero-order valence-electron chi connectivity index (χ0n) is 10.9. The van der Waals surface area contributed by atoms with E-state index in [9.17, 15) is 4.79 Å². The molecular weight excluding hydrogens is 230 g/mol. The minimum absolute atomic E-state index is 0.0259. The van der Waals surface area contributed by atoms with E-state index in [1.807, 2.05) is 30.9 Å². The highest BCUT2D eigenvalue weighted by atomic mass is 16.4. The van der Waals surface area contributed by atoms with E-state index in [-0.39, 0.29) is 5.57 Å². The first-order chi connectivity index (χ1) is 8.65. The maximum Gasteiger partial charge on any atom is 0.261 e. The third-order valence-corrected chi connectivity index (χ3v) is 2.57. The van der Waals surface area contributed by atoms with Crippen LogP contribution in [0.25, 0.3) is 6.08 Å². The van der Waals surface area contributed by atoms with Gasteiger partial charge in [0.1, 0.15) is 17.4 Å². The number of nitriles is 1. The molecule has 1 rings (SSSR count). The molecule has 5 heteroatoms. The Balaban J connectivity index is 2.96. The summed E-state index contributed by atoms with van der Waals surface area (Å²) >= 11 is 0. The third kappa shape index (κ3) is 3.14. The molecule has 0 aliphatic heterocycles. The molecule has 0 aromatic carbocycles. The van der Waals surface area contributed by atoms with Crippen LogP contribution >= 0.6 is 0 Å². The van der Waals surface area contributed by atoms with Gasteiger partial charge in [0.2, 0.25) is 0 Å². The van der Waals surface area contributed by atoms with Gasteiger partial charge in [-0.3, -0.25) is 4.79 Å². The lowest BCUT2D eigenvalue weighted by Crippen LogP contribution is -2.20. The second-order valence-corrected chi connectivity index (χ2v) is 3.60. The number of carbonyl (C=O) groups excluding carboxylic acids is 1. The quantitative estimate of drug-likeness (QED) is 0.636. The summed E-state index contributed by atoms with van der Waals surface area (Å²) in [5.41, 5.74) is 0.0259. The molecule has 1 aromatic rings. The predicted octanol–water partition coefficient (Wildman–Crippen LogP) is 1.78. The van der Waals surface area contributed by atoms with E-state index in [2.05, 4.69) is 5.32 Å². The Bertz CT molecular complexity index is 479. The number of hydrogen-bond acceptors (Lipinski definition) is 4. The second kappa shape index (κ2) is 6.50. The van der Waals surface area contributed by atoms with Crippen molar-refractivity contribution >= 4 is 17.9 Å².